The predicted octanol–water partition coefficient (Wildman–Crippen LogP) is 0.769. The molecule has 62 valence electrons. The van der Waals surface area contributed by atoms with Crippen LogP contribution in [0.2, 0.25) is 0 Å². The first kappa shape index (κ1) is 8.27. The average Bonchev–Trinajstić information content (AvgIpc) is 1.84. The van der Waals surface area contributed by atoms with Gasteiger partial charge in [-0.05, 0) is 25.8 Å². The third kappa shape index (κ3) is 2.72. The van der Waals surface area contributed by atoms with Crippen LogP contribution >= 0.6 is 0 Å². The molecule has 1 atom stereocenters. The molecule has 1 rings (SSSR count). The second kappa shape index (κ2) is 4.13. The van der Waals surface area contributed by atoms with Crippen molar-refractivity contribution in [1.29, 1.82) is 0 Å². The van der Waals surface area contributed by atoms with E-state index in [4.69, 9.17) is 5.11 Å². The molecule has 0 bridgehead atoms. The van der Waals surface area contributed by atoms with Crippen LogP contribution in [0.15, 0.2) is 12.2 Å². The quantitative estimate of drug-likeness (QED) is 0.550. The zero-order valence-corrected chi connectivity index (χ0v) is 6.42. The van der Waals surface area contributed by atoms with E-state index in [0.29, 0.717) is 6.42 Å². The van der Waals surface area contributed by atoms with Crippen LogP contribution in [-0.2, 0) is 4.79 Å². The molecule has 0 saturated carbocycles. The lowest BCUT2D eigenvalue weighted by atomic mass is 10.1. The van der Waals surface area contributed by atoms with Crippen molar-refractivity contribution < 1.29 is 9.90 Å². The minimum Gasteiger partial charge on any atom is -0.480 e. The van der Waals surface area contributed by atoms with Crippen LogP contribution in [0.4, 0.5) is 0 Å². The van der Waals surface area contributed by atoms with Crippen LogP contribution in [0.1, 0.15) is 19.3 Å². The maximum Gasteiger partial charge on any atom is 0.321 e. The molecule has 3 nitrogen and oxygen atoms in total. The molecule has 0 fully saturated rings. The van der Waals surface area contributed by atoms with Gasteiger partial charge in [0, 0.05) is 0 Å². The number of carboxylic acids is 1. The van der Waals surface area contributed by atoms with E-state index in [1.165, 1.54) is 0 Å². The van der Waals surface area contributed by atoms with Gasteiger partial charge in [-0.2, -0.15) is 0 Å². The number of aliphatic carboxylic acids is 1. The van der Waals surface area contributed by atoms with Crippen molar-refractivity contribution in [3.8, 4) is 0 Å². The molecule has 11 heavy (non-hydrogen) atoms. The fourth-order valence-electron chi connectivity index (χ4n) is 1.12. The van der Waals surface area contributed by atoms with Crippen LogP contribution in [-0.4, -0.2) is 23.7 Å². The van der Waals surface area contributed by atoms with Crippen LogP contribution in [0.5, 0.6) is 0 Å². The number of hydrogen-bond acceptors (Lipinski definition) is 2. The number of hydrogen-bond donors (Lipinski definition) is 2. The number of allylic oxidation sites excluding steroid dienone is 1. The van der Waals surface area contributed by atoms with Crippen LogP contribution in [0.3, 0.4) is 0 Å². The summed E-state index contributed by atoms with van der Waals surface area (Å²) in [6.45, 7) is 0.807. The van der Waals surface area contributed by atoms with Gasteiger partial charge in [0.2, 0.25) is 0 Å². The molecule has 0 amide bonds. The molecular formula is C8H13NO2. The van der Waals surface area contributed by atoms with Gasteiger partial charge in [-0.3, -0.25) is 4.79 Å². The van der Waals surface area contributed by atoms with Gasteiger partial charge in [0.05, 0.1) is 0 Å². The minimum absolute atomic E-state index is 0.383. The summed E-state index contributed by atoms with van der Waals surface area (Å²) in [5.74, 6) is -0.753. The van der Waals surface area contributed by atoms with E-state index in [0.717, 1.165) is 19.4 Å². The average molecular weight is 155 g/mol. The highest BCUT2D eigenvalue weighted by atomic mass is 16.4. The van der Waals surface area contributed by atoms with E-state index in [-0.39, 0.29) is 6.04 Å². The maximum atomic E-state index is 10.5. The smallest absolute Gasteiger partial charge is 0.321 e. The van der Waals surface area contributed by atoms with Gasteiger partial charge in [0.15, 0.2) is 0 Å². The molecule has 1 aliphatic rings. The van der Waals surface area contributed by atoms with Gasteiger partial charge in [0.1, 0.15) is 6.04 Å². The Bertz CT molecular complexity index is 165. The Morgan fingerprint density at radius 2 is 2.36 bits per heavy atom. The van der Waals surface area contributed by atoms with Crippen LogP contribution < -0.4 is 5.32 Å². The number of carboxylic acid groups (broad SMARTS) is 1. The zero-order chi connectivity index (χ0) is 8.10. The van der Waals surface area contributed by atoms with Crippen molar-refractivity contribution in [3.63, 3.8) is 0 Å². The fourth-order valence-corrected chi connectivity index (χ4v) is 1.12. The summed E-state index contributed by atoms with van der Waals surface area (Å²) in [6, 6.07) is -0.383. The number of nitrogens with one attached hydrogen (secondary N) is 1. The number of carbonyl (C=O) groups is 1. The molecule has 1 aliphatic heterocycles. The van der Waals surface area contributed by atoms with E-state index in [1.54, 1.807) is 0 Å². The van der Waals surface area contributed by atoms with Gasteiger partial charge in [-0.1, -0.05) is 12.2 Å². The number of rotatable bonds is 1. The van der Waals surface area contributed by atoms with Gasteiger partial charge in [-0.15, -0.1) is 0 Å². The van der Waals surface area contributed by atoms with Crippen molar-refractivity contribution in [1.82, 2.24) is 5.32 Å². The minimum atomic E-state index is -0.753. The molecule has 0 aromatic heterocycles. The van der Waals surface area contributed by atoms with E-state index in [1.807, 2.05) is 6.08 Å². The highest BCUT2D eigenvalue weighted by Gasteiger charge is 2.14. The molecule has 2 N–H and O–H groups in total. The van der Waals surface area contributed by atoms with E-state index < -0.39 is 5.97 Å². The summed E-state index contributed by atoms with van der Waals surface area (Å²) in [5.41, 5.74) is 0. The Morgan fingerprint density at radius 3 is 3.09 bits per heavy atom. The Labute approximate surface area is 66.1 Å². The molecule has 0 radical (unpaired) electrons. The highest BCUT2D eigenvalue weighted by Crippen LogP contribution is 2.01. The maximum absolute atomic E-state index is 10.5. The van der Waals surface area contributed by atoms with E-state index in [2.05, 4.69) is 11.4 Å². The van der Waals surface area contributed by atoms with Crippen molar-refractivity contribution in [3.05, 3.63) is 12.2 Å². The molecule has 3 heteroatoms. The van der Waals surface area contributed by atoms with Gasteiger partial charge >= 0.3 is 5.97 Å². The third-order valence-electron chi connectivity index (χ3n) is 1.77. The Kier molecular flexibility index (Phi) is 3.11. The van der Waals surface area contributed by atoms with Gasteiger partial charge in [-0.25, -0.2) is 0 Å². The Hall–Kier alpha value is -0.830. The molecular weight excluding hydrogens is 142 g/mol. The topological polar surface area (TPSA) is 49.3 Å². The molecule has 0 unspecified atom stereocenters. The lowest BCUT2D eigenvalue weighted by Crippen LogP contribution is -2.37. The normalized spacial score (nSPS) is 25.6. The van der Waals surface area contributed by atoms with Crippen LogP contribution in [0, 0.1) is 0 Å². The summed E-state index contributed by atoms with van der Waals surface area (Å²) >= 11 is 0. The van der Waals surface area contributed by atoms with Crippen molar-refractivity contribution in [2.24, 2.45) is 0 Å². The largest absolute Gasteiger partial charge is 0.480 e. The van der Waals surface area contributed by atoms with Crippen molar-refractivity contribution in [2.75, 3.05) is 6.54 Å². The van der Waals surface area contributed by atoms with E-state index in [9.17, 15) is 4.79 Å². The third-order valence-corrected chi connectivity index (χ3v) is 1.77. The highest BCUT2D eigenvalue weighted by molar-refractivity contribution is 5.73. The lowest BCUT2D eigenvalue weighted by Gasteiger charge is -2.13. The predicted molar refractivity (Wildman–Crippen MR) is 42.4 cm³/mol. The molecule has 0 saturated heterocycles. The molecule has 0 aromatic rings. The first-order chi connectivity index (χ1) is 5.30. The second-order valence-corrected chi connectivity index (χ2v) is 2.69. The molecule has 0 aliphatic carbocycles. The molecule has 1 heterocycles. The summed E-state index contributed by atoms with van der Waals surface area (Å²) in [5, 5.41) is 11.6. The standard InChI is InChI=1S/C8H13NO2/c10-8(11)7-5-3-1-2-4-6-9-7/h1,3,7,9H,2,4-6H2,(H,10,11)/t7-/m0/s1. The summed E-state index contributed by atoms with van der Waals surface area (Å²) in [6.07, 6.45) is 6.68. The summed E-state index contributed by atoms with van der Waals surface area (Å²) in [4.78, 5) is 10.5. The fraction of sp³-hybridized carbons (Fsp3) is 0.625. The Balaban J connectivity index is 2.45. The summed E-state index contributed by atoms with van der Waals surface area (Å²) in [7, 11) is 0. The molecule has 0 aromatic carbocycles. The monoisotopic (exact) mass is 155 g/mol. The first-order valence-electron chi connectivity index (χ1n) is 3.92. The van der Waals surface area contributed by atoms with Crippen LogP contribution in [0.25, 0.3) is 0 Å². The first-order valence-corrected chi connectivity index (χ1v) is 3.92. The van der Waals surface area contributed by atoms with Crippen molar-refractivity contribution in [2.45, 2.75) is 25.3 Å². The zero-order valence-electron chi connectivity index (χ0n) is 6.42. The lowest BCUT2D eigenvalue weighted by molar-refractivity contribution is -0.139. The van der Waals surface area contributed by atoms with Gasteiger partial charge in [0.25, 0.3) is 0 Å². The second-order valence-electron chi connectivity index (χ2n) is 2.69. The van der Waals surface area contributed by atoms with Gasteiger partial charge < -0.3 is 10.4 Å². The van der Waals surface area contributed by atoms with Crippen molar-refractivity contribution >= 4 is 5.97 Å². The SMILES string of the molecule is O=C(O)[C@@H]1CC=CCCCN1. The summed E-state index contributed by atoms with van der Waals surface area (Å²) < 4.78 is 0. The van der Waals surface area contributed by atoms with E-state index >= 15 is 0 Å². The molecule has 0 spiro atoms. The Morgan fingerprint density at radius 1 is 1.55 bits per heavy atom.